The molecule has 1 saturated heterocycles. The normalized spacial score (nSPS) is 16.4. The van der Waals surface area contributed by atoms with E-state index in [1.165, 1.54) is 0 Å². The van der Waals surface area contributed by atoms with Crippen LogP contribution in [0.15, 0.2) is 12.4 Å². The van der Waals surface area contributed by atoms with Crippen LogP contribution in [0.5, 0.6) is 0 Å². The lowest BCUT2D eigenvalue weighted by Crippen LogP contribution is -2.37. The highest BCUT2D eigenvalue weighted by molar-refractivity contribution is 5.25. The molecule has 6 heteroatoms. The van der Waals surface area contributed by atoms with Gasteiger partial charge in [-0.05, 0) is 19.4 Å². The Labute approximate surface area is 121 Å². The van der Waals surface area contributed by atoms with Crippen LogP contribution >= 0.6 is 0 Å². The van der Waals surface area contributed by atoms with Gasteiger partial charge in [0.1, 0.15) is 0 Å². The van der Waals surface area contributed by atoms with Crippen molar-refractivity contribution in [1.82, 2.24) is 14.5 Å². The summed E-state index contributed by atoms with van der Waals surface area (Å²) in [5, 5.41) is 3.41. The van der Waals surface area contributed by atoms with Gasteiger partial charge < -0.3 is 19.4 Å². The van der Waals surface area contributed by atoms with E-state index in [0.717, 1.165) is 71.3 Å². The zero-order valence-electron chi connectivity index (χ0n) is 12.4. The first kappa shape index (κ1) is 15.3. The van der Waals surface area contributed by atoms with E-state index in [1.807, 2.05) is 12.4 Å². The molecule has 1 aromatic rings. The average molecular weight is 282 g/mol. The number of rotatable bonds is 9. The van der Waals surface area contributed by atoms with Crippen LogP contribution in [0.1, 0.15) is 12.8 Å². The molecule has 0 aliphatic carbocycles. The Morgan fingerprint density at radius 2 is 2.15 bits per heavy atom. The van der Waals surface area contributed by atoms with Gasteiger partial charge in [-0.1, -0.05) is 0 Å². The number of morpholine rings is 1. The summed E-state index contributed by atoms with van der Waals surface area (Å²) in [6.45, 7) is 7.68. The average Bonchev–Trinajstić information content (AvgIpc) is 2.93. The fourth-order valence-electron chi connectivity index (χ4n) is 2.36. The quantitative estimate of drug-likeness (QED) is 0.686. The van der Waals surface area contributed by atoms with Crippen molar-refractivity contribution in [3.63, 3.8) is 0 Å². The Bertz CT molecular complexity index is 364. The Morgan fingerprint density at radius 1 is 1.30 bits per heavy atom. The van der Waals surface area contributed by atoms with E-state index in [0.29, 0.717) is 0 Å². The molecule has 0 bridgehead atoms. The van der Waals surface area contributed by atoms with E-state index in [1.54, 1.807) is 7.11 Å². The molecule has 2 rings (SSSR count). The van der Waals surface area contributed by atoms with Gasteiger partial charge in [0.2, 0.25) is 5.95 Å². The molecule has 0 atom stereocenters. The van der Waals surface area contributed by atoms with E-state index in [4.69, 9.17) is 9.47 Å². The standard InChI is InChI=1S/C14H26N4O2/c1-19-11-3-7-18-8-5-16-14(18)15-4-2-6-17-9-12-20-13-10-17/h5,8H,2-4,6-7,9-13H2,1H3,(H,15,16). The number of anilines is 1. The van der Waals surface area contributed by atoms with E-state index in [2.05, 4.69) is 19.8 Å². The van der Waals surface area contributed by atoms with Crippen molar-refractivity contribution in [2.24, 2.45) is 0 Å². The lowest BCUT2D eigenvalue weighted by Gasteiger charge is -2.26. The van der Waals surface area contributed by atoms with Crippen molar-refractivity contribution in [3.05, 3.63) is 12.4 Å². The van der Waals surface area contributed by atoms with Crippen LogP contribution in [-0.4, -0.2) is 67.6 Å². The molecule has 1 N–H and O–H groups in total. The molecule has 1 aliphatic rings. The first-order chi connectivity index (χ1) is 9.90. The van der Waals surface area contributed by atoms with Crippen molar-refractivity contribution in [1.29, 1.82) is 0 Å². The lowest BCUT2D eigenvalue weighted by atomic mass is 10.3. The first-order valence-electron chi connectivity index (χ1n) is 7.44. The fourth-order valence-corrected chi connectivity index (χ4v) is 2.36. The number of hydrogen-bond acceptors (Lipinski definition) is 5. The number of imidazole rings is 1. The van der Waals surface area contributed by atoms with Gasteiger partial charge in [0.15, 0.2) is 0 Å². The van der Waals surface area contributed by atoms with Gasteiger partial charge in [-0.3, -0.25) is 4.90 Å². The van der Waals surface area contributed by atoms with Gasteiger partial charge in [-0.2, -0.15) is 0 Å². The number of nitrogens with zero attached hydrogens (tertiary/aromatic N) is 3. The summed E-state index contributed by atoms with van der Waals surface area (Å²) in [4.78, 5) is 6.81. The molecule has 0 aromatic carbocycles. The van der Waals surface area contributed by atoms with Gasteiger partial charge in [-0.15, -0.1) is 0 Å². The Morgan fingerprint density at radius 3 is 2.95 bits per heavy atom. The molecule has 1 aromatic heterocycles. The first-order valence-corrected chi connectivity index (χ1v) is 7.44. The minimum absolute atomic E-state index is 0.786. The zero-order valence-corrected chi connectivity index (χ0v) is 12.4. The predicted octanol–water partition coefficient (Wildman–Crippen LogP) is 1.05. The third-order valence-electron chi connectivity index (χ3n) is 3.50. The molecule has 1 fully saturated rings. The summed E-state index contributed by atoms with van der Waals surface area (Å²) in [5.41, 5.74) is 0. The third kappa shape index (κ3) is 5.11. The van der Waals surface area contributed by atoms with E-state index < -0.39 is 0 Å². The Kier molecular flexibility index (Phi) is 6.83. The highest BCUT2D eigenvalue weighted by atomic mass is 16.5. The highest BCUT2D eigenvalue weighted by Gasteiger charge is 2.09. The number of methoxy groups -OCH3 is 1. The minimum atomic E-state index is 0.786. The summed E-state index contributed by atoms with van der Waals surface area (Å²) in [7, 11) is 1.73. The van der Waals surface area contributed by atoms with Crippen LogP contribution in [0, 0.1) is 0 Å². The molecule has 0 unspecified atom stereocenters. The molecular weight excluding hydrogens is 256 g/mol. The van der Waals surface area contributed by atoms with Crippen LogP contribution < -0.4 is 5.32 Å². The number of aryl methyl sites for hydroxylation is 1. The molecule has 0 saturated carbocycles. The van der Waals surface area contributed by atoms with Crippen LogP contribution in [-0.2, 0) is 16.0 Å². The van der Waals surface area contributed by atoms with Gasteiger partial charge in [0.25, 0.3) is 0 Å². The maximum absolute atomic E-state index is 5.35. The predicted molar refractivity (Wildman–Crippen MR) is 79.1 cm³/mol. The van der Waals surface area contributed by atoms with Crippen molar-refractivity contribution < 1.29 is 9.47 Å². The second kappa shape index (κ2) is 8.94. The van der Waals surface area contributed by atoms with Gasteiger partial charge in [0.05, 0.1) is 13.2 Å². The van der Waals surface area contributed by atoms with Crippen molar-refractivity contribution in [2.75, 3.05) is 58.4 Å². The molecule has 2 heterocycles. The molecule has 6 nitrogen and oxygen atoms in total. The monoisotopic (exact) mass is 282 g/mol. The maximum Gasteiger partial charge on any atom is 0.202 e. The topological polar surface area (TPSA) is 51.5 Å². The fraction of sp³-hybridized carbons (Fsp3) is 0.786. The highest BCUT2D eigenvalue weighted by Crippen LogP contribution is 2.06. The molecular formula is C14H26N4O2. The molecule has 0 spiro atoms. The Hall–Kier alpha value is -1.11. The lowest BCUT2D eigenvalue weighted by molar-refractivity contribution is 0.0378. The van der Waals surface area contributed by atoms with E-state index in [-0.39, 0.29) is 0 Å². The smallest absolute Gasteiger partial charge is 0.202 e. The Balaban J connectivity index is 1.62. The minimum Gasteiger partial charge on any atom is -0.385 e. The van der Waals surface area contributed by atoms with Gasteiger partial charge >= 0.3 is 0 Å². The maximum atomic E-state index is 5.35. The largest absolute Gasteiger partial charge is 0.385 e. The summed E-state index contributed by atoms with van der Waals surface area (Å²) in [6.07, 6.45) is 6.00. The van der Waals surface area contributed by atoms with Crippen molar-refractivity contribution in [2.45, 2.75) is 19.4 Å². The van der Waals surface area contributed by atoms with Crippen molar-refractivity contribution in [3.8, 4) is 0 Å². The second-order valence-corrected chi connectivity index (χ2v) is 5.02. The molecule has 0 radical (unpaired) electrons. The number of aromatic nitrogens is 2. The summed E-state index contributed by atoms with van der Waals surface area (Å²) < 4.78 is 12.6. The summed E-state index contributed by atoms with van der Waals surface area (Å²) >= 11 is 0. The van der Waals surface area contributed by atoms with Gasteiger partial charge in [-0.25, -0.2) is 4.98 Å². The number of ether oxygens (including phenoxy) is 2. The SMILES string of the molecule is COCCCn1ccnc1NCCCN1CCOCC1. The second-order valence-electron chi connectivity index (χ2n) is 5.02. The summed E-state index contributed by atoms with van der Waals surface area (Å²) in [6, 6.07) is 0. The molecule has 0 amide bonds. The van der Waals surface area contributed by atoms with Crippen LogP contribution in [0.3, 0.4) is 0 Å². The summed E-state index contributed by atoms with van der Waals surface area (Å²) in [5.74, 6) is 0.961. The van der Waals surface area contributed by atoms with Crippen LogP contribution in [0.2, 0.25) is 0 Å². The molecule has 20 heavy (non-hydrogen) atoms. The molecule has 1 aliphatic heterocycles. The number of hydrogen-bond donors (Lipinski definition) is 1. The van der Waals surface area contributed by atoms with E-state index >= 15 is 0 Å². The van der Waals surface area contributed by atoms with Crippen LogP contribution in [0.25, 0.3) is 0 Å². The van der Waals surface area contributed by atoms with Gasteiger partial charge in [0, 0.05) is 52.3 Å². The van der Waals surface area contributed by atoms with E-state index in [9.17, 15) is 0 Å². The number of nitrogens with one attached hydrogen (secondary N) is 1. The van der Waals surface area contributed by atoms with Crippen LogP contribution in [0.4, 0.5) is 5.95 Å². The third-order valence-corrected chi connectivity index (χ3v) is 3.50. The van der Waals surface area contributed by atoms with Crippen molar-refractivity contribution >= 4 is 5.95 Å². The molecule has 114 valence electrons. The zero-order chi connectivity index (χ0) is 14.0.